The van der Waals surface area contributed by atoms with E-state index in [0.717, 1.165) is 22.6 Å². The molecule has 0 fully saturated rings. The molecule has 90 valence electrons. The molecule has 0 atom stereocenters. The molecule has 0 amide bonds. The summed E-state index contributed by atoms with van der Waals surface area (Å²) in [4.78, 5) is 4.30. The van der Waals surface area contributed by atoms with Crippen molar-refractivity contribution in [3.63, 3.8) is 0 Å². The van der Waals surface area contributed by atoms with Crippen molar-refractivity contribution in [2.24, 2.45) is 0 Å². The van der Waals surface area contributed by atoms with Gasteiger partial charge in [-0.25, -0.2) is 4.98 Å². The third kappa shape index (κ3) is 2.09. The highest BCUT2D eigenvalue weighted by molar-refractivity contribution is 7.16. The first-order valence-electron chi connectivity index (χ1n) is 5.81. The van der Waals surface area contributed by atoms with Crippen molar-refractivity contribution < 1.29 is 4.74 Å². The van der Waals surface area contributed by atoms with E-state index in [9.17, 15) is 0 Å². The summed E-state index contributed by atoms with van der Waals surface area (Å²) >= 11 is 1.64. The number of hydrogen-bond acceptors (Lipinski definition) is 3. The van der Waals surface area contributed by atoms with Gasteiger partial charge >= 0.3 is 0 Å². The Labute approximate surface area is 110 Å². The van der Waals surface area contributed by atoms with Gasteiger partial charge in [0.1, 0.15) is 11.5 Å². The highest BCUT2D eigenvalue weighted by Gasteiger charge is 2.03. The number of aromatic nitrogens is 1. The molecule has 0 aliphatic heterocycles. The minimum atomic E-state index is 0.834. The topological polar surface area (TPSA) is 22.1 Å². The van der Waals surface area contributed by atoms with Crippen LogP contribution < -0.4 is 4.74 Å². The van der Waals surface area contributed by atoms with Gasteiger partial charge in [0.2, 0.25) is 0 Å². The monoisotopic (exact) mass is 255 g/mol. The van der Waals surface area contributed by atoms with Gasteiger partial charge in [-0.1, -0.05) is 17.7 Å². The molecule has 3 aromatic rings. The lowest BCUT2D eigenvalue weighted by Gasteiger charge is -2.09. The zero-order valence-electron chi connectivity index (χ0n) is 10.3. The van der Waals surface area contributed by atoms with E-state index >= 15 is 0 Å². The predicted molar refractivity (Wildman–Crippen MR) is 75.6 cm³/mol. The number of rotatable bonds is 2. The van der Waals surface area contributed by atoms with Gasteiger partial charge in [-0.2, -0.15) is 0 Å². The van der Waals surface area contributed by atoms with Crippen molar-refractivity contribution in [3.8, 4) is 11.5 Å². The molecule has 18 heavy (non-hydrogen) atoms. The van der Waals surface area contributed by atoms with E-state index in [4.69, 9.17) is 4.74 Å². The Hall–Kier alpha value is -1.87. The van der Waals surface area contributed by atoms with Crippen LogP contribution in [0.5, 0.6) is 11.5 Å². The molecule has 2 nitrogen and oxygen atoms in total. The van der Waals surface area contributed by atoms with Crippen LogP contribution in [-0.4, -0.2) is 4.98 Å². The summed E-state index contributed by atoms with van der Waals surface area (Å²) in [7, 11) is 0. The number of benzene rings is 2. The first-order chi connectivity index (χ1) is 8.72. The van der Waals surface area contributed by atoms with E-state index in [2.05, 4.69) is 31.0 Å². The second kappa shape index (κ2) is 4.42. The van der Waals surface area contributed by atoms with E-state index in [-0.39, 0.29) is 0 Å². The minimum absolute atomic E-state index is 0.834. The van der Waals surface area contributed by atoms with E-state index in [1.54, 1.807) is 11.3 Å². The van der Waals surface area contributed by atoms with Gasteiger partial charge in [-0.15, -0.1) is 11.3 Å². The van der Waals surface area contributed by atoms with E-state index < -0.39 is 0 Å². The van der Waals surface area contributed by atoms with Crippen molar-refractivity contribution >= 4 is 21.6 Å². The number of thiazole rings is 1. The number of aryl methyl sites for hydroxylation is 2. The first kappa shape index (κ1) is 11.2. The van der Waals surface area contributed by atoms with Crippen LogP contribution in [0.15, 0.2) is 41.9 Å². The summed E-state index contributed by atoms with van der Waals surface area (Å²) in [5.41, 5.74) is 5.23. The SMILES string of the molecule is Cc1ccc(Oc2ccc3scnc3c2)c(C)c1. The van der Waals surface area contributed by atoms with Crippen LogP contribution in [0.3, 0.4) is 0 Å². The summed E-state index contributed by atoms with van der Waals surface area (Å²) in [6.07, 6.45) is 0. The number of nitrogens with zero attached hydrogens (tertiary/aromatic N) is 1. The molecule has 0 bridgehead atoms. The molecule has 0 radical (unpaired) electrons. The number of hydrogen-bond donors (Lipinski definition) is 0. The normalized spacial score (nSPS) is 10.8. The maximum atomic E-state index is 5.91. The summed E-state index contributed by atoms with van der Waals surface area (Å²) in [6.45, 7) is 4.14. The minimum Gasteiger partial charge on any atom is -0.457 e. The zero-order chi connectivity index (χ0) is 12.5. The zero-order valence-corrected chi connectivity index (χ0v) is 11.1. The third-order valence-corrected chi connectivity index (χ3v) is 3.67. The van der Waals surface area contributed by atoms with Gasteiger partial charge < -0.3 is 4.74 Å². The van der Waals surface area contributed by atoms with Crippen molar-refractivity contribution in [2.75, 3.05) is 0 Å². The van der Waals surface area contributed by atoms with Crippen LogP contribution in [0.25, 0.3) is 10.2 Å². The Morgan fingerprint density at radius 2 is 1.94 bits per heavy atom. The van der Waals surface area contributed by atoms with Crippen molar-refractivity contribution in [1.29, 1.82) is 0 Å². The standard InChI is InChI=1S/C15H13NOS/c1-10-3-5-14(11(2)7-10)17-12-4-6-15-13(8-12)16-9-18-15/h3-9H,1-2H3. The molecule has 1 aromatic heterocycles. The van der Waals surface area contributed by atoms with Crippen molar-refractivity contribution in [2.45, 2.75) is 13.8 Å². The first-order valence-corrected chi connectivity index (χ1v) is 6.69. The maximum Gasteiger partial charge on any atom is 0.130 e. The Kier molecular flexibility index (Phi) is 2.76. The second-order valence-corrected chi connectivity index (χ2v) is 5.24. The lowest BCUT2D eigenvalue weighted by atomic mass is 10.1. The van der Waals surface area contributed by atoms with Gasteiger partial charge in [0, 0.05) is 6.07 Å². The molecule has 3 rings (SSSR count). The molecular formula is C15H13NOS. The van der Waals surface area contributed by atoms with Gasteiger partial charge in [0.25, 0.3) is 0 Å². The average molecular weight is 255 g/mol. The van der Waals surface area contributed by atoms with Gasteiger partial charge in [-0.3, -0.25) is 0 Å². The summed E-state index contributed by atoms with van der Waals surface area (Å²) in [6, 6.07) is 12.2. The Morgan fingerprint density at radius 3 is 2.78 bits per heavy atom. The summed E-state index contributed by atoms with van der Waals surface area (Å²) in [5.74, 6) is 1.73. The predicted octanol–water partition coefficient (Wildman–Crippen LogP) is 4.71. The van der Waals surface area contributed by atoms with Crippen LogP contribution in [-0.2, 0) is 0 Å². The summed E-state index contributed by atoms with van der Waals surface area (Å²) in [5, 5.41) is 0. The Balaban J connectivity index is 1.95. The van der Waals surface area contributed by atoms with Crippen molar-refractivity contribution in [1.82, 2.24) is 4.98 Å². The average Bonchev–Trinajstić information content (AvgIpc) is 2.80. The van der Waals surface area contributed by atoms with Crippen molar-refractivity contribution in [3.05, 3.63) is 53.0 Å². The van der Waals surface area contributed by atoms with Crippen LogP contribution in [0.2, 0.25) is 0 Å². The van der Waals surface area contributed by atoms with Crippen LogP contribution >= 0.6 is 11.3 Å². The fraction of sp³-hybridized carbons (Fsp3) is 0.133. The molecule has 0 unspecified atom stereocenters. The molecule has 0 aliphatic carbocycles. The number of fused-ring (bicyclic) bond motifs is 1. The summed E-state index contributed by atoms with van der Waals surface area (Å²) < 4.78 is 7.09. The van der Waals surface area contributed by atoms with E-state index in [1.165, 1.54) is 10.3 Å². The van der Waals surface area contributed by atoms with E-state index in [0.29, 0.717) is 0 Å². The quantitative estimate of drug-likeness (QED) is 0.662. The highest BCUT2D eigenvalue weighted by Crippen LogP contribution is 2.29. The third-order valence-electron chi connectivity index (χ3n) is 2.86. The molecule has 0 N–H and O–H groups in total. The molecular weight excluding hydrogens is 242 g/mol. The molecule has 0 spiro atoms. The second-order valence-electron chi connectivity index (χ2n) is 4.35. The van der Waals surface area contributed by atoms with E-state index in [1.807, 2.05) is 29.8 Å². The van der Waals surface area contributed by atoms with Gasteiger partial charge in [0.05, 0.1) is 15.7 Å². The molecule has 0 aliphatic rings. The van der Waals surface area contributed by atoms with Crippen LogP contribution in [0.1, 0.15) is 11.1 Å². The largest absolute Gasteiger partial charge is 0.457 e. The Morgan fingerprint density at radius 1 is 1.06 bits per heavy atom. The molecule has 0 saturated heterocycles. The fourth-order valence-corrected chi connectivity index (χ4v) is 2.60. The highest BCUT2D eigenvalue weighted by atomic mass is 32.1. The molecule has 2 aromatic carbocycles. The fourth-order valence-electron chi connectivity index (χ4n) is 1.94. The Bertz CT molecular complexity index is 703. The van der Waals surface area contributed by atoms with Crippen LogP contribution in [0.4, 0.5) is 0 Å². The molecule has 1 heterocycles. The van der Waals surface area contributed by atoms with Gasteiger partial charge in [0.15, 0.2) is 0 Å². The van der Waals surface area contributed by atoms with Gasteiger partial charge in [-0.05, 0) is 37.6 Å². The van der Waals surface area contributed by atoms with Crippen LogP contribution in [0, 0.1) is 13.8 Å². The molecule has 3 heteroatoms. The lowest BCUT2D eigenvalue weighted by Crippen LogP contribution is -1.88. The number of ether oxygens (including phenoxy) is 1. The maximum absolute atomic E-state index is 5.91. The molecule has 0 saturated carbocycles. The smallest absolute Gasteiger partial charge is 0.130 e. The lowest BCUT2D eigenvalue weighted by molar-refractivity contribution is 0.479.